The molecule has 2 aromatic rings. The first-order valence-corrected chi connectivity index (χ1v) is 7.87. The van der Waals surface area contributed by atoms with E-state index < -0.39 is 11.8 Å². The fourth-order valence-electron chi connectivity index (χ4n) is 1.71. The van der Waals surface area contributed by atoms with Crippen LogP contribution in [0.4, 0.5) is 0 Å². The first-order chi connectivity index (χ1) is 11.5. The van der Waals surface area contributed by atoms with E-state index in [0.29, 0.717) is 18.2 Å². The Hall–Kier alpha value is -2.71. The van der Waals surface area contributed by atoms with Gasteiger partial charge in [0.1, 0.15) is 23.1 Å². The number of amides is 2. The molecule has 7 nitrogen and oxygen atoms in total. The molecule has 1 heterocycles. The summed E-state index contributed by atoms with van der Waals surface area (Å²) < 4.78 is 10.4. The van der Waals surface area contributed by atoms with Crippen molar-refractivity contribution in [3.8, 4) is 16.3 Å². The lowest BCUT2D eigenvalue weighted by Crippen LogP contribution is -2.30. The highest BCUT2D eigenvalue weighted by atomic mass is 32.1. The summed E-state index contributed by atoms with van der Waals surface area (Å²) in [4.78, 5) is 27.1. The molecule has 8 heteroatoms. The third-order valence-electron chi connectivity index (χ3n) is 2.96. The van der Waals surface area contributed by atoms with Crippen LogP contribution >= 0.6 is 11.3 Å². The standard InChI is InChI=1S/C16H17N3O4S/c1-10(14(17)20)18-15(21)13-9-24-16(19-13)11-3-5-12(6-4-11)23-8-7-22-2/h3-6,9H,1,7-8H2,2H3,(H2,17,20)(H,18,21). The summed E-state index contributed by atoms with van der Waals surface area (Å²) in [5.74, 6) is -0.591. The molecule has 0 unspecified atom stereocenters. The lowest BCUT2D eigenvalue weighted by atomic mass is 10.2. The molecular formula is C16H17N3O4S. The van der Waals surface area contributed by atoms with E-state index in [4.69, 9.17) is 15.2 Å². The van der Waals surface area contributed by atoms with Gasteiger partial charge in [-0.3, -0.25) is 9.59 Å². The zero-order valence-corrected chi connectivity index (χ0v) is 13.9. The lowest BCUT2D eigenvalue weighted by Gasteiger charge is -2.05. The van der Waals surface area contributed by atoms with Crippen molar-refractivity contribution in [3.63, 3.8) is 0 Å². The van der Waals surface area contributed by atoms with Crippen LogP contribution in [0, 0.1) is 0 Å². The molecule has 24 heavy (non-hydrogen) atoms. The van der Waals surface area contributed by atoms with Gasteiger partial charge >= 0.3 is 0 Å². The highest BCUT2D eigenvalue weighted by Gasteiger charge is 2.14. The molecule has 0 aliphatic heterocycles. The second-order valence-corrected chi connectivity index (χ2v) is 5.56. The highest BCUT2D eigenvalue weighted by molar-refractivity contribution is 7.13. The number of nitrogens with one attached hydrogen (secondary N) is 1. The van der Waals surface area contributed by atoms with Crippen molar-refractivity contribution in [1.82, 2.24) is 10.3 Å². The Balaban J connectivity index is 2.03. The van der Waals surface area contributed by atoms with Crippen LogP contribution < -0.4 is 15.8 Å². The Labute approximate surface area is 143 Å². The molecule has 0 bridgehead atoms. The van der Waals surface area contributed by atoms with Gasteiger partial charge in [-0.2, -0.15) is 0 Å². The van der Waals surface area contributed by atoms with Crippen LogP contribution in [0.15, 0.2) is 41.9 Å². The van der Waals surface area contributed by atoms with E-state index in [1.165, 1.54) is 11.3 Å². The normalized spacial score (nSPS) is 10.2. The average Bonchev–Trinajstić information content (AvgIpc) is 3.05. The number of rotatable bonds is 8. The van der Waals surface area contributed by atoms with Crippen molar-refractivity contribution in [1.29, 1.82) is 0 Å². The number of ether oxygens (including phenoxy) is 2. The van der Waals surface area contributed by atoms with E-state index in [1.807, 2.05) is 24.3 Å². The van der Waals surface area contributed by atoms with Crippen LogP contribution in [0.5, 0.6) is 5.75 Å². The number of nitrogens with zero attached hydrogens (tertiary/aromatic N) is 1. The quantitative estimate of drug-likeness (QED) is 0.557. The fourth-order valence-corrected chi connectivity index (χ4v) is 2.52. The van der Waals surface area contributed by atoms with Gasteiger partial charge in [-0.15, -0.1) is 11.3 Å². The summed E-state index contributed by atoms with van der Waals surface area (Å²) in [5, 5.41) is 4.58. The molecule has 0 atom stereocenters. The maximum Gasteiger partial charge on any atom is 0.275 e. The number of methoxy groups -OCH3 is 1. The van der Waals surface area contributed by atoms with Crippen molar-refractivity contribution in [3.05, 3.63) is 47.6 Å². The van der Waals surface area contributed by atoms with Crippen LogP contribution in [0.25, 0.3) is 10.6 Å². The average molecular weight is 347 g/mol. The topological polar surface area (TPSA) is 104 Å². The molecule has 0 aliphatic carbocycles. The number of carbonyl (C=O) groups excluding carboxylic acids is 2. The number of aromatic nitrogens is 1. The minimum atomic E-state index is -0.789. The number of benzene rings is 1. The minimum absolute atomic E-state index is 0.174. The Bertz CT molecular complexity index is 740. The predicted molar refractivity (Wildman–Crippen MR) is 90.7 cm³/mol. The van der Waals surface area contributed by atoms with E-state index in [1.54, 1.807) is 12.5 Å². The van der Waals surface area contributed by atoms with Gasteiger partial charge in [-0.1, -0.05) is 6.58 Å². The third-order valence-corrected chi connectivity index (χ3v) is 3.85. The summed E-state index contributed by atoms with van der Waals surface area (Å²) >= 11 is 1.32. The lowest BCUT2D eigenvalue weighted by molar-refractivity contribution is -0.114. The number of thiazole rings is 1. The summed E-state index contributed by atoms with van der Waals surface area (Å²) in [6, 6.07) is 7.35. The minimum Gasteiger partial charge on any atom is -0.491 e. The number of primary amides is 1. The molecular weight excluding hydrogens is 330 g/mol. The molecule has 0 aliphatic rings. The van der Waals surface area contributed by atoms with Crippen LogP contribution in [-0.2, 0) is 9.53 Å². The van der Waals surface area contributed by atoms with Gasteiger partial charge in [-0.25, -0.2) is 4.98 Å². The van der Waals surface area contributed by atoms with Gasteiger partial charge in [-0.05, 0) is 24.3 Å². The van der Waals surface area contributed by atoms with Crippen LogP contribution in [0.2, 0.25) is 0 Å². The van der Waals surface area contributed by atoms with E-state index in [9.17, 15) is 9.59 Å². The molecule has 1 aromatic heterocycles. The first kappa shape index (κ1) is 17.6. The van der Waals surface area contributed by atoms with Gasteiger partial charge in [0.05, 0.1) is 12.3 Å². The Morgan fingerprint density at radius 3 is 2.62 bits per heavy atom. The molecule has 0 fully saturated rings. The Morgan fingerprint density at radius 2 is 2.00 bits per heavy atom. The summed E-state index contributed by atoms with van der Waals surface area (Å²) in [6.45, 7) is 4.36. The molecule has 2 amide bonds. The molecule has 0 saturated heterocycles. The molecule has 126 valence electrons. The first-order valence-electron chi connectivity index (χ1n) is 6.99. The number of nitrogens with two attached hydrogens (primary N) is 1. The number of hydrogen-bond acceptors (Lipinski definition) is 6. The SMILES string of the molecule is C=C(NC(=O)c1csc(-c2ccc(OCCOC)cc2)n1)C(N)=O. The van der Waals surface area contributed by atoms with Crippen LogP contribution in [0.3, 0.4) is 0 Å². The maximum absolute atomic E-state index is 11.9. The second kappa shape index (κ2) is 8.23. The molecule has 0 saturated carbocycles. The van der Waals surface area contributed by atoms with E-state index in [-0.39, 0.29) is 11.4 Å². The van der Waals surface area contributed by atoms with Crippen molar-refractivity contribution in [2.24, 2.45) is 5.73 Å². The zero-order valence-electron chi connectivity index (χ0n) is 13.1. The largest absolute Gasteiger partial charge is 0.491 e. The zero-order chi connectivity index (χ0) is 17.5. The van der Waals surface area contributed by atoms with Crippen molar-refractivity contribution in [2.75, 3.05) is 20.3 Å². The van der Waals surface area contributed by atoms with Crippen molar-refractivity contribution in [2.45, 2.75) is 0 Å². The summed E-state index contributed by atoms with van der Waals surface area (Å²) in [5.41, 5.74) is 5.90. The number of hydrogen-bond donors (Lipinski definition) is 2. The molecule has 1 aromatic carbocycles. The monoisotopic (exact) mass is 347 g/mol. The third kappa shape index (κ3) is 4.64. The van der Waals surface area contributed by atoms with Crippen molar-refractivity contribution < 1.29 is 19.1 Å². The molecule has 0 radical (unpaired) electrons. The summed E-state index contributed by atoms with van der Waals surface area (Å²) in [7, 11) is 1.61. The second-order valence-electron chi connectivity index (χ2n) is 4.70. The van der Waals surface area contributed by atoms with Gasteiger partial charge in [0.25, 0.3) is 11.8 Å². The molecule has 3 N–H and O–H groups in total. The smallest absolute Gasteiger partial charge is 0.275 e. The van der Waals surface area contributed by atoms with Gasteiger partial charge in [0.2, 0.25) is 0 Å². The molecule has 0 spiro atoms. The van der Waals surface area contributed by atoms with E-state index >= 15 is 0 Å². The van der Waals surface area contributed by atoms with Crippen LogP contribution in [0.1, 0.15) is 10.5 Å². The highest BCUT2D eigenvalue weighted by Crippen LogP contribution is 2.25. The van der Waals surface area contributed by atoms with E-state index in [2.05, 4.69) is 16.9 Å². The Kier molecular flexibility index (Phi) is 6.05. The maximum atomic E-state index is 11.9. The summed E-state index contributed by atoms with van der Waals surface area (Å²) in [6.07, 6.45) is 0. The fraction of sp³-hybridized carbons (Fsp3) is 0.188. The van der Waals surface area contributed by atoms with Crippen LogP contribution in [-0.4, -0.2) is 37.1 Å². The Morgan fingerprint density at radius 1 is 1.29 bits per heavy atom. The number of carbonyl (C=O) groups is 2. The predicted octanol–water partition coefficient (Wildman–Crippen LogP) is 1.56. The van der Waals surface area contributed by atoms with E-state index in [0.717, 1.165) is 11.3 Å². The molecule has 2 rings (SSSR count). The van der Waals surface area contributed by atoms with Gasteiger partial charge in [0, 0.05) is 18.1 Å². The van der Waals surface area contributed by atoms with Gasteiger partial charge < -0.3 is 20.5 Å². The van der Waals surface area contributed by atoms with Crippen molar-refractivity contribution >= 4 is 23.2 Å². The van der Waals surface area contributed by atoms with Gasteiger partial charge in [0.15, 0.2) is 0 Å².